The first-order valence-electron chi connectivity index (χ1n) is 9.27. The quantitative estimate of drug-likeness (QED) is 0.299. The van der Waals surface area contributed by atoms with E-state index in [1.54, 1.807) is 17.0 Å². The Morgan fingerprint density at radius 2 is 1.83 bits per heavy atom. The van der Waals surface area contributed by atoms with Crippen molar-refractivity contribution in [3.63, 3.8) is 0 Å². The third-order valence-electron chi connectivity index (χ3n) is 4.73. The summed E-state index contributed by atoms with van der Waals surface area (Å²) >= 11 is 0. The van der Waals surface area contributed by atoms with Crippen LogP contribution in [0.15, 0.2) is 84.3 Å². The molecule has 0 radical (unpaired) electrons. The van der Waals surface area contributed by atoms with Crippen LogP contribution in [0.2, 0.25) is 0 Å². The minimum Gasteiger partial charge on any atom is -0.411 e. The average molecular weight is 398 g/mol. The number of para-hydroxylation sites is 1. The van der Waals surface area contributed by atoms with Crippen LogP contribution in [0.1, 0.15) is 27.2 Å². The van der Waals surface area contributed by atoms with Gasteiger partial charge in [0.25, 0.3) is 11.8 Å². The van der Waals surface area contributed by atoms with E-state index < -0.39 is 5.91 Å². The van der Waals surface area contributed by atoms with Gasteiger partial charge in [-0.05, 0) is 23.8 Å². The number of benzene rings is 2. The Morgan fingerprint density at radius 3 is 2.57 bits per heavy atom. The molecule has 0 fully saturated rings. The van der Waals surface area contributed by atoms with E-state index in [2.05, 4.69) is 15.5 Å². The molecule has 30 heavy (non-hydrogen) atoms. The zero-order chi connectivity index (χ0) is 20.9. The molecule has 1 aromatic heterocycles. The number of hydrogen-bond donors (Lipinski definition) is 2. The fraction of sp³-hybridized carbons (Fsp3) is 0.0435. The number of hydrogen-bond acceptors (Lipinski definition) is 5. The molecule has 7 nitrogen and oxygen atoms in total. The topological polar surface area (TPSA) is 94.9 Å². The second-order valence-corrected chi connectivity index (χ2v) is 6.64. The van der Waals surface area contributed by atoms with Crippen LogP contribution >= 0.6 is 0 Å². The predicted molar refractivity (Wildman–Crippen MR) is 113 cm³/mol. The van der Waals surface area contributed by atoms with Crippen molar-refractivity contribution in [1.29, 1.82) is 0 Å². The van der Waals surface area contributed by atoms with Crippen molar-refractivity contribution in [2.24, 2.45) is 5.16 Å². The van der Waals surface area contributed by atoms with E-state index in [0.29, 0.717) is 23.4 Å². The number of carbonyl (C=O) groups is 2. The van der Waals surface area contributed by atoms with Gasteiger partial charge in [-0.3, -0.25) is 14.6 Å². The van der Waals surface area contributed by atoms with E-state index in [-0.39, 0.29) is 5.91 Å². The summed E-state index contributed by atoms with van der Waals surface area (Å²) in [5, 5.41) is 14.1. The maximum absolute atomic E-state index is 13.1. The lowest BCUT2D eigenvalue weighted by Gasteiger charge is -2.17. The van der Waals surface area contributed by atoms with Crippen LogP contribution in [0.25, 0.3) is 5.57 Å². The van der Waals surface area contributed by atoms with E-state index >= 15 is 0 Å². The molecule has 2 aromatic carbocycles. The molecule has 0 bridgehead atoms. The largest absolute Gasteiger partial charge is 0.411 e. The number of amides is 2. The molecule has 7 heteroatoms. The van der Waals surface area contributed by atoms with Crippen molar-refractivity contribution >= 4 is 29.3 Å². The van der Waals surface area contributed by atoms with Crippen LogP contribution in [0, 0.1) is 0 Å². The molecule has 1 aliphatic rings. The molecule has 3 aromatic rings. The van der Waals surface area contributed by atoms with Crippen molar-refractivity contribution in [3.05, 3.63) is 102 Å². The molecule has 4 rings (SSSR count). The molecule has 0 unspecified atom stereocenters. The van der Waals surface area contributed by atoms with Crippen LogP contribution in [0.4, 0.5) is 5.69 Å². The van der Waals surface area contributed by atoms with Gasteiger partial charge < -0.3 is 15.4 Å². The Labute approximate surface area is 173 Å². The summed E-state index contributed by atoms with van der Waals surface area (Å²) in [6.45, 7) is 0.444. The lowest BCUT2D eigenvalue weighted by Crippen LogP contribution is -2.26. The van der Waals surface area contributed by atoms with Crippen LogP contribution in [0.5, 0.6) is 0 Å². The molecular formula is C23H18N4O3. The average Bonchev–Trinajstić information content (AvgIpc) is 3.04. The van der Waals surface area contributed by atoms with Gasteiger partial charge in [0.05, 0.1) is 35.3 Å². The molecule has 2 heterocycles. The number of anilines is 1. The number of aromatic nitrogens is 1. The van der Waals surface area contributed by atoms with Gasteiger partial charge in [-0.25, -0.2) is 0 Å². The number of nitrogens with zero attached hydrogens (tertiary/aromatic N) is 3. The Bertz CT molecular complexity index is 1140. The Balaban J connectivity index is 1.56. The van der Waals surface area contributed by atoms with Gasteiger partial charge in [-0.2, -0.15) is 0 Å². The van der Waals surface area contributed by atoms with Crippen LogP contribution in [0.3, 0.4) is 0 Å². The van der Waals surface area contributed by atoms with Crippen LogP contribution < -0.4 is 10.2 Å². The van der Waals surface area contributed by atoms with E-state index in [0.717, 1.165) is 16.8 Å². The lowest BCUT2D eigenvalue weighted by molar-refractivity contribution is -0.113. The standard InChI is InChI=1S/C23H18N4O3/c28-22(17-10-11-18(13-26-30)24-12-17)25-14-20-19-8-4-5-9-21(19)27(23(20)29)15-16-6-2-1-3-7-16/h1-14,30H,15H2,(H,25,28)/b20-14-,26-13+. The number of carbonyl (C=O) groups excluding carboxylic acids is 2. The molecular weight excluding hydrogens is 380 g/mol. The maximum atomic E-state index is 13.1. The first-order chi connectivity index (χ1) is 14.7. The highest BCUT2D eigenvalue weighted by molar-refractivity contribution is 6.32. The second-order valence-electron chi connectivity index (χ2n) is 6.64. The summed E-state index contributed by atoms with van der Waals surface area (Å²) in [6, 6.07) is 20.4. The number of rotatable bonds is 5. The monoisotopic (exact) mass is 398 g/mol. The van der Waals surface area contributed by atoms with Gasteiger partial charge in [-0.1, -0.05) is 53.7 Å². The maximum Gasteiger partial charge on any atom is 0.260 e. The summed E-state index contributed by atoms with van der Waals surface area (Å²) in [5.41, 5.74) is 3.76. The molecule has 2 N–H and O–H groups in total. The van der Waals surface area contributed by atoms with E-state index in [9.17, 15) is 9.59 Å². The van der Waals surface area contributed by atoms with Gasteiger partial charge in [0.1, 0.15) is 0 Å². The number of pyridine rings is 1. The van der Waals surface area contributed by atoms with Gasteiger partial charge in [0, 0.05) is 18.0 Å². The zero-order valence-corrected chi connectivity index (χ0v) is 15.9. The van der Waals surface area contributed by atoms with Crippen LogP contribution in [-0.4, -0.2) is 28.2 Å². The summed E-state index contributed by atoms with van der Waals surface area (Å²) in [7, 11) is 0. The summed E-state index contributed by atoms with van der Waals surface area (Å²) < 4.78 is 0. The molecule has 148 valence electrons. The van der Waals surface area contributed by atoms with Crippen molar-refractivity contribution in [2.75, 3.05) is 4.90 Å². The first-order valence-corrected chi connectivity index (χ1v) is 9.27. The highest BCUT2D eigenvalue weighted by Gasteiger charge is 2.32. The molecule has 0 aliphatic carbocycles. The fourth-order valence-corrected chi connectivity index (χ4v) is 3.27. The summed E-state index contributed by atoms with van der Waals surface area (Å²) in [6.07, 6.45) is 3.98. The minimum absolute atomic E-state index is 0.173. The lowest BCUT2D eigenvalue weighted by atomic mass is 10.1. The Hall–Kier alpha value is -4.26. The number of fused-ring (bicyclic) bond motifs is 1. The minimum atomic E-state index is -0.394. The molecule has 0 saturated heterocycles. The predicted octanol–water partition coefficient (Wildman–Crippen LogP) is 3.21. The highest BCUT2D eigenvalue weighted by atomic mass is 16.4. The summed E-state index contributed by atoms with van der Waals surface area (Å²) in [4.78, 5) is 31.3. The van der Waals surface area contributed by atoms with E-state index in [4.69, 9.17) is 5.21 Å². The van der Waals surface area contributed by atoms with Crippen molar-refractivity contribution in [1.82, 2.24) is 10.3 Å². The van der Waals surface area contributed by atoms with Gasteiger partial charge >= 0.3 is 0 Å². The molecule has 0 spiro atoms. The zero-order valence-electron chi connectivity index (χ0n) is 15.9. The second kappa shape index (κ2) is 8.40. The molecule has 1 aliphatic heterocycles. The van der Waals surface area contributed by atoms with E-state index in [1.165, 1.54) is 18.6 Å². The molecule has 0 saturated carbocycles. The third-order valence-corrected chi connectivity index (χ3v) is 4.73. The van der Waals surface area contributed by atoms with E-state index in [1.807, 2.05) is 54.6 Å². The Morgan fingerprint density at radius 1 is 1.07 bits per heavy atom. The van der Waals surface area contributed by atoms with Crippen molar-refractivity contribution in [2.45, 2.75) is 6.54 Å². The molecule has 2 amide bonds. The molecule has 0 atom stereocenters. The number of nitrogens with one attached hydrogen (secondary N) is 1. The van der Waals surface area contributed by atoms with Crippen molar-refractivity contribution < 1.29 is 14.8 Å². The van der Waals surface area contributed by atoms with Gasteiger partial charge in [0.15, 0.2) is 0 Å². The fourth-order valence-electron chi connectivity index (χ4n) is 3.27. The number of oxime groups is 1. The highest BCUT2D eigenvalue weighted by Crippen LogP contribution is 2.37. The van der Waals surface area contributed by atoms with Crippen molar-refractivity contribution in [3.8, 4) is 0 Å². The summed E-state index contributed by atoms with van der Waals surface area (Å²) in [5.74, 6) is -0.567. The van der Waals surface area contributed by atoms with Gasteiger partial charge in [0.2, 0.25) is 0 Å². The third kappa shape index (κ3) is 3.81. The first kappa shape index (κ1) is 19.1. The smallest absolute Gasteiger partial charge is 0.260 e. The van der Waals surface area contributed by atoms with Crippen LogP contribution in [-0.2, 0) is 11.3 Å². The Kier molecular flexibility index (Phi) is 5.34. The van der Waals surface area contributed by atoms with Gasteiger partial charge in [-0.15, -0.1) is 0 Å². The SMILES string of the molecule is O=C(N/C=C1\C(=O)N(Cc2ccccc2)c2ccccc21)c1ccc(/C=N/O)nc1. The normalized spacial score (nSPS) is 14.3.